The third kappa shape index (κ3) is 4.91. The number of rotatable bonds is 6. The number of fused-ring (bicyclic) bond motifs is 3. The van der Waals surface area contributed by atoms with Crippen molar-refractivity contribution in [3.63, 3.8) is 0 Å². The SMILES string of the molecule is C=CC(=O)Nc1ccc(C2=C3C(=C(/N=C)NCCc4cc(Oc5nccc(F)n5)ccc43)/C(=N\C)N2C)cc1. The number of hydrogen-bond donors (Lipinski definition) is 2. The van der Waals surface area contributed by atoms with Gasteiger partial charge in [0.15, 0.2) is 0 Å². The number of carbonyl (C=O) groups is 1. The zero-order valence-electron chi connectivity index (χ0n) is 21.5. The molecule has 0 atom stereocenters. The van der Waals surface area contributed by atoms with Crippen molar-refractivity contribution in [2.24, 2.45) is 9.98 Å². The van der Waals surface area contributed by atoms with Crippen LogP contribution in [0.3, 0.4) is 0 Å². The fourth-order valence-corrected chi connectivity index (χ4v) is 4.76. The quantitative estimate of drug-likeness (QED) is 0.281. The van der Waals surface area contributed by atoms with Crippen LogP contribution in [0.2, 0.25) is 0 Å². The van der Waals surface area contributed by atoms with Crippen molar-refractivity contribution >= 4 is 35.4 Å². The van der Waals surface area contributed by atoms with Crippen molar-refractivity contribution in [1.82, 2.24) is 20.2 Å². The van der Waals surface area contributed by atoms with E-state index in [9.17, 15) is 9.18 Å². The second kappa shape index (κ2) is 10.7. The molecule has 3 aromatic rings. The summed E-state index contributed by atoms with van der Waals surface area (Å²) in [6.07, 6.45) is 3.20. The molecule has 0 bridgehead atoms. The number of ether oxygens (including phenoxy) is 1. The Bertz CT molecular complexity index is 1570. The predicted octanol–water partition coefficient (Wildman–Crippen LogP) is 4.43. The van der Waals surface area contributed by atoms with Crippen LogP contribution in [-0.4, -0.2) is 54.0 Å². The van der Waals surface area contributed by atoms with Gasteiger partial charge in [-0.3, -0.25) is 9.79 Å². The smallest absolute Gasteiger partial charge is 0.324 e. The molecule has 0 radical (unpaired) electrons. The first-order valence-electron chi connectivity index (χ1n) is 12.2. The van der Waals surface area contributed by atoms with Gasteiger partial charge in [-0.2, -0.15) is 9.37 Å². The van der Waals surface area contributed by atoms with Crippen LogP contribution >= 0.6 is 0 Å². The normalized spacial score (nSPS) is 17.5. The van der Waals surface area contributed by atoms with Gasteiger partial charge >= 0.3 is 6.01 Å². The van der Waals surface area contributed by atoms with Crippen molar-refractivity contribution in [2.75, 3.05) is 26.0 Å². The summed E-state index contributed by atoms with van der Waals surface area (Å²) in [7, 11) is 3.69. The Morgan fingerprint density at radius 3 is 2.69 bits per heavy atom. The van der Waals surface area contributed by atoms with Crippen molar-refractivity contribution in [3.05, 3.63) is 101 Å². The highest BCUT2D eigenvalue weighted by Crippen LogP contribution is 2.45. The molecule has 2 aliphatic heterocycles. The first-order chi connectivity index (χ1) is 18.9. The lowest BCUT2D eigenvalue weighted by Crippen LogP contribution is -2.25. The Kier molecular flexibility index (Phi) is 7.00. The van der Waals surface area contributed by atoms with Gasteiger partial charge in [0.05, 0.1) is 11.3 Å². The lowest BCUT2D eigenvalue weighted by Gasteiger charge is -2.20. The topological polar surface area (TPSA) is 104 Å². The Hall–Kier alpha value is -5.12. The number of halogens is 1. The van der Waals surface area contributed by atoms with Crippen molar-refractivity contribution in [3.8, 4) is 11.8 Å². The minimum absolute atomic E-state index is 0.0674. The summed E-state index contributed by atoms with van der Waals surface area (Å²) in [5.74, 6) is 0.922. The number of likely N-dealkylation sites (N-methyl/N-ethyl adjacent to an activating group) is 1. The molecule has 3 heterocycles. The van der Waals surface area contributed by atoms with Gasteiger partial charge in [-0.15, -0.1) is 0 Å². The highest BCUT2D eigenvalue weighted by Gasteiger charge is 2.36. The third-order valence-corrected chi connectivity index (χ3v) is 6.42. The lowest BCUT2D eigenvalue weighted by atomic mass is 9.89. The number of amidine groups is 1. The van der Waals surface area contributed by atoms with Crippen LogP contribution in [0.4, 0.5) is 10.1 Å². The van der Waals surface area contributed by atoms with E-state index in [4.69, 9.17) is 4.74 Å². The summed E-state index contributed by atoms with van der Waals surface area (Å²) in [5, 5.41) is 6.17. The molecule has 0 saturated heterocycles. The molecule has 0 unspecified atom stereocenters. The van der Waals surface area contributed by atoms with Crippen molar-refractivity contribution in [1.29, 1.82) is 0 Å². The molecule has 9 nitrogen and oxygen atoms in total. The van der Waals surface area contributed by atoms with Gasteiger partial charge in [0.2, 0.25) is 11.9 Å². The largest absolute Gasteiger partial charge is 0.424 e. The van der Waals surface area contributed by atoms with Crippen LogP contribution in [0, 0.1) is 5.95 Å². The summed E-state index contributed by atoms with van der Waals surface area (Å²) in [6, 6.07) is 14.3. The Balaban J connectivity index is 1.67. The third-order valence-electron chi connectivity index (χ3n) is 6.42. The van der Waals surface area contributed by atoms with Gasteiger partial charge in [0, 0.05) is 44.2 Å². The van der Waals surface area contributed by atoms with Gasteiger partial charge in [0.1, 0.15) is 17.4 Å². The number of benzene rings is 2. The van der Waals surface area contributed by atoms with Gasteiger partial charge in [0.25, 0.3) is 0 Å². The first kappa shape index (κ1) is 25.5. The maximum atomic E-state index is 13.6. The number of aromatic nitrogens is 2. The molecule has 5 rings (SSSR count). The summed E-state index contributed by atoms with van der Waals surface area (Å²) >= 11 is 0. The molecule has 39 heavy (non-hydrogen) atoms. The fourth-order valence-electron chi connectivity index (χ4n) is 4.76. The van der Waals surface area contributed by atoms with E-state index in [1.54, 1.807) is 13.1 Å². The van der Waals surface area contributed by atoms with Crippen LogP contribution in [0.1, 0.15) is 16.7 Å². The molecule has 1 amide bonds. The van der Waals surface area contributed by atoms with Gasteiger partial charge < -0.3 is 20.3 Å². The summed E-state index contributed by atoms with van der Waals surface area (Å²) in [5.41, 5.74) is 6.24. The summed E-state index contributed by atoms with van der Waals surface area (Å²) in [4.78, 5) is 30.4. The van der Waals surface area contributed by atoms with E-state index < -0.39 is 5.95 Å². The summed E-state index contributed by atoms with van der Waals surface area (Å²) < 4.78 is 19.3. The standard InChI is InChI=1S/C29H26FN7O2/c1-5-23(38)35-19-8-6-17(7-9-19)26-24-21-11-10-20(39-29-34-15-13-22(30)36-29)16-18(21)12-14-33-27(31-2)25(24)28(32-3)37(26)4/h5-11,13,15-16,33H,1-2,12,14H2,3-4H3,(H,35,38)/b27-25+,32-28+. The minimum Gasteiger partial charge on any atom is -0.424 e. The van der Waals surface area contributed by atoms with E-state index in [-0.39, 0.29) is 11.9 Å². The summed E-state index contributed by atoms with van der Waals surface area (Å²) in [6.45, 7) is 7.90. The van der Waals surface area contributed by atoms with Gasteiger partial charge in [-0.1, -0.05) is 24.8 Å². The number of carbonyl (C=O) groups excluding carboxylic acids is 1. The monoisotopic (exact) mass is 523 g/mol. The fraction of sp³-hybridized carbons (Fsp3) is 0.138. The molecule has 0 fully saturated rings. The molecule has 0 aliphatic carbocycles. The second-order valence-corrected chi connectivity index (χ2v) is 8.74. The van der Waals surface area contributed by atoms with E-state index >= 15 is 0 Å². The van der Waals surface area contributed by atoms with Crippen molar-refractivity contribution < 1.29 is 13.9 Å². The Morgan fingerprint density at radius 1 is 1.21 bits per heavy atom. The van der Waals surface area contributed by atoms with E-state index in [1.807, 2.05) is 48.3 Å². The first-order valence-corrected chi connectivity index (χ1v) is 12.2. The van der Waals surface area contributed by atoms with E-state index in [1.165, 1.54) is 12.3 Å². The van der Waals surface area contributed by atoms with E-state index in [2.05, 4.69) is 43.9 Å². The van der Waals surface area contributed by atoms with Crippen LogP contribution in [0.25, 0.3) is 11.3 Å². The second-order valence-electron chi connectivity index (χ2n) is 8.74. The minimum atomic E-state index is -0.667. The van der Waals surface area contributed by atoms with E-state index in [0.29, 0.717) is 30.2 Å². The maximum absolute atomic E-state index is 13.6. The van der Waals surface area contributed by atoms with Crippen LogP contribution in [0.5, 0.6) is 11.8 Å². The zero-order valence-corrected chi connectivity index (χ0v) is 21.5. The molecule has 2 aliphatic rings. The average molecular weight is 524 g/mol. The van der Waals surface area contributed by atoms with Crippen molar-refractivity contribution in [2.45, 2.75) is 6.42 Å². The molecule has 0 spiro atoms. The number of aliphatic imine (C=N–C) groups is 2. The van der Waals surface area contributed by atoms with Crippen LogP contribution in [0.15, 0.2) is 88.8 Å². The van der Waals surface area contributed by atoms with Gasteiger partial charge in [-0.05, 0) is 60.2 Å². The van der Waals surface area contributed by atoms with Crippen LogP contribution in [-0.2, 0) is 11.2 Å². The number of amides is 1. The molecular formula is C29H26FN7O2. The van der Waals surface area contributed by atoms with E-state index in [0.717, 1.165) is 45.4 Å². The van der Waals surface area contributed by atoms with Crippen LogP contribution < -0.4 is 15.4 Å². The number of nitrogens with zero attached hydrogens (tertiary/aromatic N) is 5. The number of anilines is 1. The molecule has 196 valence electrons. The molecule has 2 aromatic carbocycles. The molecule has 10 heteroatoms. The highest BCUT2D eigenvalue weighted by molar-refractivity contribution is 6.26. The molecule has 2 N–H and O–H groups in total. The number of hydrogen-bond acceptors (Lipinski definition) is 7. The lowest BCUT2D eigenvalue weighted by molar-refractivity contribution is -0.111. The average Bonchev–Trinajstić information content (AvgIpc) is 3.21. The van der Waals surface area contributed by atoms with Gasteiger partial charge in [-0.25, -0.2) is 9.98 Å². The molecule has 1 aromatic heterocycles. The number of nitrogens with one attached hydrogen (secondary N) is 2. The zero-order chi connectivity index (χ0) is 27.5. The Labute approximate surface area is 225 Å². The molecule has 0 saturated carbocycles. The highest BCUT2D eigenvalue weighted by atomic mass is 19.1. The molecular weight excluding hydrogens is 497 g/mol. The predicted molar refractivity (Wildman–Crippen MR) is 150 cm³/mol. The Morgan fingerprint density at radius 2 is 2.00 bits per heavy atom. The maximum Gasteiger partial charge on any atom is 0.324 e.